The van der Waals surface area contributed by atoms with Gasteiger partial charge in [0.05, 0.1) is 5.92 Å². The first kappa shape index (κ1) is 15.3. The van der Waals surface area contributed by atoms with Crippen molar-refractivity contribution >= 4 is 17.7 Å². The van der Waals surface area contributed by atoms with E-state index < -0.39 is 0 Å². The molecule has 1 saturated carbocycles. The molecule has 0 spiro atoms. The van der Waals surface area contributed by atoms with Crippen molar-refractivity contribution in [2.24, 2.45) is 5.92 Å². The fraction of sp³-hybridized carbons (Fsp3) is 0.812. The van der Waals surface area contributed by atoms with Crippen LogP contribution in [0.1, 0.15) is 39.0 Å². The maximum absolute atomic E-state index is 12.6. The number of rotatable bonds is 2. The van der Waals surface area contributed by atoms with Crippen LogP contribution in [-0.2, 0) is 14.4 Å². The Bertz CT molecular complexity index is 465. The summed E-state index contributed by atoms with van der Waals surface area (Å²) in [5.41, 5.74) is 0. The van der Waals surface area contributed by atoms with Gasteiger partial charge >= 0.3 is 0 Å². The van der Waals surface area contributed by atoms with Gasteiger partial charge in [0.15, 0.2) is 0 Å². The number of piperazine rings is 1. The normalized spacial score (nSPS) is 26.9. The van der Waals surface area contributed by atoms with Gasteiger partial charge in [-0.1, -0.05) is 12.8 Å². The molecular formula is C16H25N3O3. The molecule has 1 atom stereocenters. The highest BCUT2D eigenvalue weighted by Crippen LogP contribution is 2.30. The van der Waals surface area contributed by atoms with Gasteiger partial charge in [-0.25, -0.2) is 0 Å². The molecule has 3 amide bonds. The van der Waals surface area contributed by atoms with Gasteiger partial charge in [0.1, 0.15) is 0 Å². The summed E-state index contributed by atoms with van der Waals surface area (Å²) in [4.78, 5) is 41.7. The number of likely N-dealkylation sites (tertiary alicyclic amines) is 1. The second-order valence-electron chi connectivity index (χ2n) is 6.72. The molecule has 2 saturated heterocycles. The van der Waals surface area contributed by atoms with E-state index in [-0.39, 0.29) is 23.6 Å². The summed E-state index contributed by atoms with van der Waals surface area (Å²) in [7, 11) is 0. The minimum atomic E-state index is -0.183. The minimum absolute atomic E-state index is 0.0653. The molecule has 0 unspecified atom stereocenters. The van der Waals surface area contributed by atoms with Crippen molar-refractivity contribution in [2.75, 3.05) is 32.7 Å². The van der Waals surface area contributed by atoms with Crippen molar-refractivity contribution in [3.05, 3.63) is 0 Å². The lowest BCUT2D eigenvalue weighted by Crippen LogP contribution is -2.51. The summed E-state index contributed by atoms with van der Waals surface area (Å²) in [6, 6.07) is 0.361. The molecule has 2 heterocycles. The van der Waals surface area contributed by atoms with Crippen molar-refractivity contribution in [1.29, 1.82) is 0 Å². The molecule has 0 aromatic rings. The van der Waals surface area contributed by atoms with Gasteiger partial charge in [-0.3, -0.25) is 14.4 Å². The Balaban J connectivity index is 1.55. The van der Waals surface area contributed by atoms with Gasteiger partial charge < -0.3 is 14.7 Å². The van der Waals surface area contributed by atoms with Crippen molar-refractivity contribution < 1.29 is 14.4 Å². The highest BCUT2D eigenvalue weighted by atomic mass is 16.2. The Hall–Kier alpha value is -1.59. The van der Waals surface area contributed by atoms with E-state index in [0.29, 0.717) is 45.2 Å². The molecular weight excluding hydrogens is 282 g/mol. The maximum Gasteiger partial charge on any atom is 0.228 e. The van der Waals surface area contributed by atoms with Crippen molar-refractivity contribution in [3.8, 4) is 0 Å². The number of carbonyl (C=O) groups is 3. The molecule has 3 rings (SSSR count). The van der Waals surface area contributed by atoms with Crippen LogP contribution >= 0.6 is 0 Å². The van der Waals surface area contributed by atoms with E-state index in [1.165, 1.54) is 12.8 Å². The molecule has 3 fully saturated rings. The van der Waals surface area contributed by atoms with Crippen LogP contribution in [-0.4, -0.2) is 71.2 Å². The van der Waals surface area contributed by atoms with Gasteiger partial charge in [0, 0.05) is 52.1 Å². The fourth-order valence-electron chi connectivity index (χ4n) is 3.97. The van der Waals surface area contributed by atoms with Gasteiger partial charge in [0.2, 0.25) is 17.7 Å². The third kappa shape index (κ3) is 2.96. The molecule has 6 heteroatoms. The number of amides is 3. The van der Waals surface area contributed by atoms with Gasteiger partial charge in [-0.05, 0) is 12.8 Å². The summed E-state index contributed by atoms with van der Waals surface area (Å²) in [5.74, 6) is 0.122. The first-order valence-electron chi connectivity index (χ1n) is 8.40. The van der Waals surface area contributed by atoms with Crippen LogP contribution in [0.4, 0.5) is 0 Å². The average Bonchev–Trinajstić information content (AvgIpc) is 3.15. The predicted molar refractivity (Wildman–Crippen MR) is 80.9 cm³/mol. The molecule has 122 valence electrons. The Kier molecular flexibility index (Phi) is 4.36. The fourth-order valence-corrected chi connectivity index (χ4v) is 3.97. The lowest BCUT2D eigenvalue weighted by Gasteiger charge is -2.35. The van der Waals surface area contributed by atoms with Crippen LogP contribution in [0, 0.1) is 5.92 Å². The molecule has 2 aliphatic heterocycles. The molecule has 0 N–H and O–H groups in total. The van der Waals surface area contributed by atoms with Crippen molar-refractivity contribution in [2.45, 2.75) is 45.1 Å². The summed E-state index contributed by atoms with van der Waals surface area (Å²) in [5, 5.41) is 0. The van der Waals surface area contributed by atoms with Gasteiger partial charge in [-0.15, -0.1) is 0 Å². The third-order valence-electron chi connectivity index (χ3n) is 5.31. The van der Waals surface area contributed by atoms with E-state index >= 15 is 0 Å². The second-order valence-corrected chi connectivity index (χ2v) is 6.72. The highest BCUT2D eigenvalue weighted by molar-refractivity contribution is 5.89. The molecule has 0 bridgehead atoms. The van der Waals surface area contributed by atoms with E-state index in [1.807, 2.05) is 9.80 Å². The molecule has 3 aliphatic rings. The highest BCUT2D eigenvalue weighted by Gasteiger charge is 2.40. The Labute approximate surface area is 131 Å². The third-order valence-corrected chi connectivity index (χ3v) is 5.31. The molecule has 6 nitrogen and oxygen atoms in total. The van der Waals surface area contributed by atoms with Gasteiger partial charge in [-0.2, -0.15) is 0 Å². The van der Waals surface area contributed by atoms with E-state index in [0.717, 1.165) is 12.8 Å². The van der Waals surface area contributed by atoms with E-state index in [1.54, 1.807) is 11.8 Å². The minimum Gasteiger partial charge on any atom is -0.339 e. The molecule has 0 aromatic heterocycles. The van der Waals surface area contributed by atoms with Crippen molar-refractivity contribution in [3.63, 3.8) is 0 Å². The Morgan fingerprint density at radius 3 is 2.18 bits per heavy atom. The van der Waals surface area contributed by atoms with Gasteiger partial charge in [0.25, 0.3) is 0 Å². The van der Waals surface area contributed by atoms with Crippen LogP contribution in [0.25, 0.3) is 0 Å². The van der Waals surface area contributed by atoms with E-state index in [9.17, 15) is 14.4 Å². The Morgan fingerprint density at radius 1 is 1.00 bits per heavy atom. The smallest absolute Gasteiger partial charge is 0.228 e. The van der Waals surface area contributed by atoms with Crippen LogP contribution in [0.5, 0.6) is 0 Å². The first-order valence-corrected chi connectivity index (χ1v) is 8.40. The zero-order chi connectivity index (χ0) is 15.7. The quantitative estimate of drug-likeness (QED) is 0.745. The maximum atomic E-state index is 12.6. The molecule has 0 aromatic carbocycles. The second kappa shape index (κ2) is 6.26. The number of hydrogen-bond donors (Lipinski definition) is 0. The number of nitrogens with zero attached hydrogens (tertiary/aromatic N) is 3. The summed E-state index contributed by atoms with van der Waals surface area (Å²) >= 11 is 0. The summed E-state index contributed by atoms with van der Waals surface area (Å²) < 4.78 is 0. The van der Waals surface area contributed by atoms with E-state index in [2.05, 4.69) is 0 Å². The molecule has 1 aliphatic carbocycles. The summed E-state index contributed by atoms with van der Waals surface area (Å²) in [6.45, 7) is 4.54. The largest absolute Gasteiger partial charge is 0.339 e. The van der Waals surface area contributed by atoms with Crippen molar-refractivity contribution in [1.82, 2.24) is 14.7 Å². The van der Waals surface area contributed by atoms with E-state index in [4.69, 9.17) is 0 Å². The molecule has 22 heavy (non-hydrogen) atoms. The van der Waals surface area contributed by atoms with Crippen LogP contribution in [0.3, 0.4) is 0 Å². The predicted octanol–water partition coefficient (Wildman–Crippen LogP) is 0.468. The average molecular weight is 307 g/mol. The zero-order valence-electron chi connectivity index (χ0n) is 13.3. The Morgan fingerprint density at radius 2 is 1.59 bits per heavy atom. The topological polar surface area (TPSA) is 60.9 Å². The number of hydrogen-bond acceptors (Lipinski definition) is 3. The SMILES string of the molecule is CC(=O)N1CCN(C(=O)[C@@H]2CC(=O)N(C3CCCC3)C2)CC1. The monoisotopic (exact) mass is 307 g/mol. The number of carbonyl (C=O) groups excluding carboxylic acids is 3. The van der Waals surface area contributed by atoms with Crippen LogP contribution in [0.2, 0.25) is 0 Å². The zero-order valence-corrected chi connectivity index (χ0v) is 13.3. The molecule has 0 radical (unpaired) electrons. The summed E-state index contributed by atoms with van der Waals surface area (Å²) in [6.07, 6.45) is 4.93. The first-order chi connectivity index (χ1) is 10.6. The lowest BCUT2D eigenvalue weighted by atomic mass is 10.1. The van der Waals surface area contributed by atoms with Crippen LogP contribution < -0.4 is 0 Å². The standard InChI is InChI=1S/C16H25N3O3/c1-12(20)17-6-8-18(9-7-17)16(22)13-10-15(21)19(11-13)14-4-2-3-5-14/h13-14H,2-11H2,1H3/t13-/m1/s1. The van der Waals surface area contributed by atoms with Crippen LogP contribution in [0.15, 0.2) is 0 Å². The lowest BCUT2D eigenvalue weighted by molar-refractivity contribution is -0.141.